The highest BCUT2D eigenvalue weighted by Gasteiger charge is 2.20. The molecule has 0 unspecified atom stereocenters. The molecule has 110 valence electrons. The summed E-state index contributed by atoms with van der Waals surface area (Å²) < 4.78 is 10.3. The molecule has 1 aromatic heterocycles. The molecule has 8 nitrogen and oxygen atoms in total. The van der Waals surface area contributed by atoms with E-state index in [1.165, 1.54) is 20.4 Å². The maximum absolute atomic E-state index is 11.1. The summed E-state index contributed by atoms with van der Waals surface area (Å²) in [6.45, 7) is 0. The molecule has 0 aliphatic rings. The third kappa shape index (κ3) is 2.99. The van der Waals surface area contributed by atoms with E-state index in [1.54, 1.807) is 25.2 Å². The summed E-state index contributed by atoms with van der Waals surface area (Å²) in [5.74, 6) is 1.32. The average Bonchev–Trinajstić information content (AvgIpc) is 2.53. The van der Waals surface area contributed by atoms with Gasteiger partial charge in [0.1, 0.15) is 17.7 Å². The normalized spacial score (nSPS) is 10.0. The molecule has 1 heterocycles. The maximum atomic E-state index is 11.1. The SMILES string of the molecule is CNc1ncc([N+](=O)[O-])c(-c2cc(OC)cc(OC)c2)n1. The highest BCUT2D eigenvalue weighted by atomic mass is 16.6. The Morgan fingerprint density at radius 1 is 1.19 bits per heavy atom. The summed E-state index contributed by atoms with van der Waals surface area (Å²) in [7, 11) is 4.65. The fourth-order valence-corrected chi connectivity index (χ4v) is 1.79. The van der Waals surface area contributed by atoms with E-state index in [0.29, 0.717) is 17.1 Å². The molecule has 0 saturated heterocycles. The van der Waals surface area contributed by atoms with E-state index in [2.05, 4.69) is 15.3 Å². The molecule has 2 rings (SSSR count). The van der Waals surface area contributed by atoms with Gasteiger partial charge in [-0.2, -0.15) is 0 Å². The van der Waals surface area contributed by atoms with E-state index in [4.69, 9.17) is 9.47 Å². The largest absolute Gasteiger partial charge is 0.497 e. The van der Waals surface area contributed by atoms with Crippen LogP contribution in [0.5, 0.6) is 11.5 Å². The Labute approximate surface area is 120 Å². The first-order valence-corrected chi connectivity index (χ1v) is 6.01. The van der Waals surface area contributed by atoms with Gasteiger partial charge < -0.3 is 14.8 Å². The third-order valence-electron chi connectivity index (χ3n) is 2.81. The van der Waals surface area contributed by atoms with E-state index < -0.39 is 4.92 Å². The van der Waals surface area contributed by atoms with Crippen LogP contribution in [0.1, 0.15) is 0 Å². The minimum Gasteiger partial charge on any atom is -0.497 e. The first-order chi connectivity index (χ1) is 10.1. The van der Waals surface area contributed by atoms with Crippen LogP contribution in [0.25, 0.3) is 11.3 Å². The Balaban J connectivity index is 2.66. The minimum atomic E-state index is -0.527. The number of aromatic nitrogens is 2. The van der Waals surface area contributed by atoms with Gasteiger partial charge >= 0.3 is 5.69 Å². The number of hydrogen-bond acceptors (Lipinski definition) is 7. The van der Waals surface area contributed by atoms with Gasteiger partial charge in [0.2, 0.25) is 5.95 Å². The predicted octanol–water partition coefficient (Wildman–Crippen LogP) is 2.11. The summed E-state index contributed by atoms with van der Waals surface area (Å²) in [4.78, 5) is 18.6. The summed E-state index contributed by atoms with van der Waals surface area (Å²) >= 11 is 0. The molecule has 0 fully saturated rings. The molecule has 1 N–H and O–H groups in total. The number of nitrogens with one attached hydrogen (secondary N) is 1. The zero-order chi connectivity index (χ0) is 15.4. The standard InChI is InChI=1S/C13H14N4O4/c1-14-13-15-7-11(17(18)19)12(16-13)8-4-9(20-2)6-10(5-8)21-3/h4-7H,1-3H3,(H,14,15,16). The molecule has 0 spiro atoms. The molecule has 0 amide bonds. The first kappa shape index (κ1) is 14.5. The van der Waals surface area contributed by atoms with E-state index in [9.17, 15) is 10.1 Å². The Bertz CT molecular complexity index is 653. The summed E-state index contributed by atoms with van der Waals surface area (Å²) in [6.07, 6.45) is 1.17. The second-order valence-electron chi connectivity index (χ2n) is 4.04. The van der Waals surface area contributed by atoms with Crippen LogP contribution >= 0.6 is 0 Å². The Morgan fingerprint density at radius 3 is 2.29 bits per heavy atom. The molecule has 0 saturated carbocycles. The van der Waals surface area contributed by atoms with Gasteiger partial charge in [-0.3, -0.25) is 10.1 Å². The number of ether oxygens (including phenoxy) is 2. The molecule has 0 aliphatic heterocycles. The van der Waals surface area contributed by atoms with Crippen molar-refractivity contribution in [1.29, 1.82) is 0 Å². The Kier molecular flexibility index (Phi) is 4.17. The highest BCUT2D eigenvalue weighted by Crippen LogP contribution is 2.33. The molecular formula is C13H14N4O4. The summed E-state index contributed by atoms with van der Waals surface area (Å²) in [5, 5.41) is 13.9. The lowest BCUT2D eigenvalue weighted by Gasteiger charge is -2.09. The minimum absolute atomic E-state index is 0.190. The quantitative estimate of drug-likeness (QED) is 0.665. The predicted molar refractivity (Wildman–Crippen MR) is 76.8 cm³/mol. The van der Waals surface area contributed by atoms with Gasteiger partial charge in [0.05, 0.1) is 19.1 Å². The van der Waals surface area contributed by atoms with Gasteiger partial charge in [-0.05, 0) is 12.1 Å². The molecule has 21 heavy (non-hydrogen) atoms. The van der Waals surface area contributed by atoms with Crippen molar-refractivity contribution in [3.05, 3.63) is 34.5 Å². The highest BCUT2D eigenvalue weighted by molar-refractivity contribution is 5.72. The average molecular weight is 290 g/mol. The third-order valence-corrected chi connectivity index (χ3v) is 2.81. The van der Waals surface area contributed by atoms with E-state index in [0.717, 1.165) is 0 Å². The molecule has 0 aliphatic carbocycles. The van der Waals surface area contributed by atoms with Crippen molar-refractivity contribution in [3.63, 3.8) is 0 Å². The zero-order valence-electron chi connectivity index (χ0n) is 11.8. The van der Waals surface area contributed by atoms with Crippen LogP contribution in [0.2, 0.25) is 0 Å². The second-order valence-corrected chi connectivity index (χ2v) is 4.04. The smallest absolute Gasteiger partial charge is 0.313 e. The summed E-state index contributed by atoms with van der Waals surface area (Å²) in [5.41, 5.74) is 0.512. The number of benzene rings is 1. The zero-order valence-corrected chi connectivity index (χ0v) is 11.8. The van der Waals surface area contributed by atoms with Gasteiger partial charge in [0.25, 0.3) is 0 Å². The number of nitrogens with zero attached hydrogens (tertiary/aromatic N) is 3. The van der Waals surface area contributed by atoms with Crippen LogP contribution in [0, 0.1) is 10.1 Å². The lowest BCUT2D eigenvalue weighted by atomic mass is 10.1. The fraction of sp³-hybridized carbons (Fsp3) is 0.231. The van der Waals surface area contributed by atoms with Crippen LogP contribution in [0.4, 0.5) is 11.6 Å². The van der Waals surface area contributed by atoms with Crippen LogP contribution < -0.4 is 14.8 Å². The van der Waals surface area contributed by atoms with E-state index in [-0.39, 0.29) is 17.3 Å². The lowest BCUT2D eigenvalue weighted by Crippen LogP contribution is -2.02. The van der Waals surface area contributed by atoms with Crippen molar-refractivity contribution >= 4 is 11.6 Å². The molecule has 0 bridgehead atoms. The van der Waals surface area contributed by atoms with Gasteiger partial charge in [-0.25, -0.2) is 9.97 Å². The fourth-order valence-electron chi connectivity index (χ4n) is 1.79. The molecule has 8 heteroatoms. The maximum Gasteiger partial charge on any atom is 0.313 e. The lowest BCUT2D eigenvalue weighted by molar-refractivity contribution is -0.384. The van der Waals surface area contributed by atoms with Gasteiger partial charge in [-0.15, -0.1) is 0 Å². The number of nitro groups is 1. The number of hydrogen-bond donors (Lipinski definition) is 1. The number of rotatable bonds is 5. The molecule has 0 atom stereocenters. The molecule has 2 aromatic rings. The molecule has 0 radical (unpaired) electrons. The van der Waals surface area contributed by atoms with Gasteiger partial charge in [-0.1, -0.05) is 0 Å². The second kappa shape index (κ2) is 6.04. The molecule has 1 aromatic carbocycles. The van der Waals surface area contributed by atoms with Crippen molar-refractivity contribution in [2.75, 3.05) is 26.6 Å². The van der Waals surface area contributed by atoms with Crippen molar-refractivity contribution in [2.45, 2.75) is 0 Å². The van der Waals surface area contributed by atoms with E-state index in [1.807, 2.05) is 0 Å². The van der Waals surface area contributed by atoms with Crippen LogP contribution in [-0.2, 0) is 0 Å². The Hall–Kier alpha value is -2.90. The number of methoxy groups -OCH3 is 2. The van der Waals surface area contributed by atoms with E-state index >= 15 is 0 Å². The summed E-state index contributed by atoms with van der Waals surface area (Å²) in [6, 6.07) is 4.98. The molecular weight excluding hydrogens is 276 g/mol. The van der Waals surface area contributed by atoms with Gasteiger partial charge in [0.15, 0.2) is 5.69 Å². The Morgan fingerprint density at radius 2 is 1.81 bits per heavy atom. The van der Waals surface area contributed by atoms with Crippen LogP contribution in [-0.4, -0.2) is 36.2 Å². The number of anilines is 1. The van der Waals surface area contributed by atoms with Gasteiger partial charge in [0, 0.05) is 18.7 Å². The van der Waals surface area contributed by atoms with Crippen molar-refractivity contribution in [3.8, 4) is 22.8 Å². The van der Waals surface area contributed by atoms with Crippen molar-refractivity contribution in [2.24, 2.45) is 0 Å². The first-order valence-electron chi connectivity index (χ1n) is 6.01. The van der Waals surface area contributed by atoms with Crippen molar-refractivity contribution in [1.82, 2.24) is 9.97 Å². The van der Waals surface area contributed by atoms with Crippen LogP contribution in [0.3, 0.4) is 0 Å². The topological polar surface area (TPSA) is 99.4 Å². The van der Waals surface area contributed by atoms with Crippen LogP contribution in [0.15, 0.2) is 24.4 Å². The van der Waals surface area contributed by atoms with Crippen molar-refractivity contribution < 1.29 is 14.4 Å². The monoisotopic (exact) mass is 290 g/mol.